The molecule has 2 aromatic carbocycles. The van der Waals surface area contributed by atoms with Crippen molar-refractivity contribution < 1.29 is 14.3 Å². The average molecular weight is 349 g/mol. The fourth-order valence-corrected chi connectivity index (χ4v) is 2.82. The van der Waals surface area contributed by atoms with Gasteiger partial charge in [-0.25, -0.2) is 0 Å². The molecule has 1 N–H and O–H groups in total. The second kappa shape index (κ2) is 7.70. The number of benzene rings is 2. The average Bonchev–Trinajstić information content (AvgIpc) is 3.08. The molecule has 1 atom stereocenters. The zero-order valence-corrected chi connectivity index (χ0v) is 14.4. The minimum atomic E-state index is -0.731. The number of nitrogens with one attached hydrogen (secondary N) is 1. The molecule has 0 bridgehead atoms. The van der Waals surface area contributed by atoms with Gasteiger partial charge in [0.1, 0.15) is 5.75 Å². The summed E-state index contributed by atoms with van der Waals surface area (Å²) in [6.07, 6.45) is 0.616. The molecule has 2 amide bonds. The Morgan fingerprint density at radius 2 is 1.96 bits per heavy atom. The van der Waals surface area contributed by atoms with Gasteiger partial charge in [-0.15, -0.1) is 0 Å². The first-order chi connectivity index (χ1) is 12.6. The highest BCUT2D eigenvalue weighted by Crippen LogP contribution is 2.29. The molecule has 3 rings (SSSR count). The van der Waals surface area contributed by atoms with E-state index in [1.807, 2.05) is 24.3 Å². The Morgan fingerprint density at radius 1 is 1.23 bits per heavy atom. The standard InChI is InChI=1S/C20H19N3O3/c1-14(26-16-10-8-15(13-21)9-11-16)20(25)22-17-5-2-3-6-18(17)23-12-4-7-19(23)24/h2-3,5-6,8-11,14H,4,7,12H2,1H3,(H,22,25)/t14-/m1/s1. The van der Waals surface area contributed by atoms with Crippen LogP contribution in [0.3, 0.4) is 0 Å². The number of rotatable bonds is 5. The van der Waals surface area contributed by atoms with Crippen LogP contribution >= 0.6 is 0 Å². The Kier molecular flexibility index (Phi) is 5.18. The molecule has 0 unspecified atom stereocenters. The third-order valence-electron chi connectivity index (χ3n) is 4.19. The van der Waals surface area contributed by atoms with Gasteiger partial charge in [0.2, 0.25) is 5.91 Å². The third kappa shape index (κ3) is 3.83. The van der Waals surface area contributed by atoms with Crippen LogP contribution < -0.4 is 15.0 Å². The van der Waals surface area contributed by atoms with E-state index in [0.29, 0.717) is 35.7 Å². The van der Waals surface area contributed by atoms with Crippen molar-refractivity contribution in [3.05, 3.63) is 54.1 Å². The topological polar surface area (TPSA) is 82.4 Å². The highest BCUT2D eigenvalue weighted by molar-refractivity contribution is 6.03. The number of anilines is 2. The molecular weight excluding hydrogens is 330 g/mol. The summed E-state index contributed by atoms with van der Waals surface area (Å²) in [5.74, 6) is 0.261. The summed E-state index contributed by atoms with van der Waals surface area (Å²) in [6, 6.07) is 15.9. The molecule has 0 aliphatic carbocycles. The Bertz CT molecular complexity index is 855. The molecule has 1 aliphatic heterocycles. The molecule has 0 aromatic heterocycles. The van der Waals surface area contributed by atoms with Crippen LogP contribution in [-0.2, 0) is 9.59 Å². The van der Waals surface area contributed by atoms with E-state index in [-0.39, 0.29) is 11.8 Å². The lowest BCUT2D eigenvalue weighted by Crippen LogP contribution is -2.31. The van der Waals surface area contributed by atoms with Crippen LogP contribution in [-0.4, -0.2) is 24.5 Å². The number of ether oxygens (including phenoxy) is 1. The summed E-state index contributed by atoms with van der Waals surface area (Å²) >= 11 is 0. The lowest BCUT2D eigenvalue weighted by atomic mass is 10.2. The highest BCUT2D eigenvalue weighted by atomic mass is 16.5. The van der Waals surface area contributed by atoms with Crippen molar-refractivity contribution in [1.82, 2.24) is 0 Å². The number of carbonyl (C=O) groups is 2. The third-order valence-corrected chi connectivity index (χ3v) is 4.19. The molecule has 132 valence electrons. The van der Waals surface area contributed by atoms with Crippen molar-refractivity contribution in [2.75, 3.05) is 16.8 Å². The van der Waals surface area contributed by atoms with Crippen LogP contribution in [0.15, 0.2) is 48.5 Å². The van der Waals surface area contributed by atoms with Gasteiger partial charge in [0.25, 0.3) is 5.91 Å². The predicted molar refractivity (Wildman–Crippen MR) is 97.9 cm³/mol. The fraction of sp³-hybridized carbons (Fsp3) is 0.250. The quantitative estimate of drug-likeness (QED) is 0.899. The number of amides is 2. The summed E-state index contributed by atoms with van der Waals surface area (Å²) in [7, 11) is 0. The molecule has 1 aliphatic rings. The van der Waals surface area contributed by atoms with Gasteiger partial charge in [-0.3, -0.25) is 9.59 Å². The summed E-state index contributed by atoms with van der Waals surface area (Å²) in [5, 5.41) is 11.7. The monoisotopic (exact) mass is 349 g/mol. The lowest BCUT2D eigenvalue weighted by molar-refractivity contribution is -0.122. The van der Waals surface area contributed by atoms with E-state index in [9.17, 15) is 9.59 Å². The van der Waals surface area contributed by atoms with Crippen LogP contribution in [0.2, 0.25) is 0 Å². The molecule has 26 heavy (non-hydrogen) atoms. The molecular formula is C20H19N3O3. The normalized spacial score (nSPS) is 14.6. The van der Waals surface area contributed by atoms with Crippen molar-refractivity contribution in [2.24, 2.45) is 0 Å². The molecule has 6 nitrogen and oxygen atoms in total. The number of nitriles is 1. The van der Waals surface area contributed by atoms with Crippen molar-refractivity contribution in [3.63, 3.8) is 0 Å². The minimum absolute atomic E-state index is 0.0635. The van der Waals surface area contributed by atoms with Crippen LogP contribution in [0, 0.1) is 11.3 Å². The van der Waals surface area contributed by atoms with E-state index in [2.05, 4.69) is 5.32 Å². The van der Waals surface area contributed by atoms with Crippen LogP contribution in [0.1, 0.15) is 25.3 Å². The first-order valence-corrected chi connectivity index (χ1v) is 8.45. The van der Waals surface area contributed by atoms with Gasteiger partial charge in [-0.1, -0.05) is 12.1 Å². The van der Waals surface area contributed by atoms with Crippen molar-refractivity contribution >= 4 is 23.2 Å². The van der Waals surface area contributed by atoms with Gasteiger partial charge in [0.15, 0.2) is 6.10 Å². The molecule has 6 heteroatoms. The smallest absolute Gasteiger partial charge is 0.265 e. The van der Waals surface area contributed by atoms with E-state index in [0.717, 1.165) is 6.42 Å². The summed E-state index contributed by atoms with van der Waals surface area (Å²) in [4.78, 5) is 26.2. The van der Waals surface area contributed by atoms with Crippen molar-refractivity contribution in [1.29, 1.82) is 5.26 Å². The van der Waals surface area contributed by atoms with Crippen LogP contribution in [0.25, 0.3) is 0 Å². The van der Waals surface area contributed by atoms with E-state index in [4.69, 9.17) is 10.00 Å². The second-order valence-electron chi connectivity index (χ2n) is 6.05. The second-order valence-corrected chi connectivity index (χ2v) is 6.05. The summed E-state index contributed by atoms with van der Waals surface area (Å²) in [6.45, 7) is 2.31. The van der Waals surface area contributed by atoms with Crippen molar-refractivity contribution in [2.45, 2.75) is 25.9 Å². The van der Waals surface area contributed by atoms with Gasteiger partial charge < -0.3 is 15.0 Å². The van der Waals surface area contributed by atoms with E-state index < -0.39 is 6.10 Å². The van der Waals surface area contributed by atoms with Crippen LogP contribution in [0.5, 0.6) is 5.75 Å². The Labute approximate surface area is 152 Å². The fourth-order valence-electron chi connectivity index (χ4n) is 2.82. The maximum atomic E-state index is 12.5. The first-order valence-electron chi connectivity index (χ1n) is 8.45. The molecule has 0 spiro atoms. The summed E-state index contributed by atoms with van der Waals surface area (Å²) < 4.78 is 5.63. The van der Waals surface area contributed by atoms with Gasteiger partial charge in [-0.2, -0.15) is 5.26 Å². The Hall–Kier alpha value is -3.33. The van der Waals surface area contributed by atoms with E-state index in [1.165, 1.54) is 0 Å². The Balaban J connectivity index is 1.69. The lowest BCUT2D eigenvalue weighted by Gasteiger charge is -2.21. The van der Waals surface area contributed by atoms with Gasteiger partial charge in [0, 0.05) is 13.0 Å². The van der Waals surface area contributed by atoms with E-state index >= 15 is 0 Å². The van der Waals surface area contributed by atoms with Gasteiger partial charge in [-0.05, 0) is 49.7 Å². The van der Waals surface area contributed by atoms with Crippen LogP contribution in [0.4, 0.5) is 11.4 Å². The van der Waals surface area contributed by atoms with E-state index in [1.54, 1.807) is 42.2 Å². The zero-order chi connectivity index (χ0) is 18.5. The number of nitrogens with zero attached hydrogens (tertiary/aromatic N) is 2. The first kappa shape index (κ1) is 17.5. The minimum Gasteiger partial charge on any atom is -0.481 e. The largest absolute Gasteiger partial charge is 0.481 e. The molecule has 1 fully saturated rings. The predicted octanol–water partition coefficient (Wildman–Crippen LogP) is 3.09. The van der Waals surface area contributed by atoms with Crippen molar-refractivity contribution in [3.8, 4) is 11.8 Å². The number of hydrogen-bond acceptors (Lipinski definition) is 4. The molecule has 2 aromatic rings. The maximum absolute atomic E-state index is 12.5. The SMILES string of the molecule is C[C@@H](Oc1ccc(C#N)cc1)C(=O)Nc1ccccc1N1CCCC1=O. The Morgan fingerprint density at radius 3 is 2.62 bits per heavy atom. The number of para-hydroxylation sites is 2. The zero-order valence-electron chi connectivity index (χ0n) is 14.4. The number of carbonyl (C=O) groups excluding carboxylic acids is 2. The highest BCUT2D eigenvalue weighted by Gasteiger charge is 2.25. The summed E-state index contributed by atoms with van der Waals surface area (Å²) in [5.41, 5.74) is 1.82. The van der Waals surface area contributed by atoms with Gasteiger partial charge >= 0.3 is 0 Å². The molecule has 0 radical (unpaired) electrons. The maximum Gasteiger partial charge on any atom is 0.265 e. The molecule has 0 saturated carbocycles. The van der Waals surface area contributed by atoms with Gasteiger partial charge in [0.05, 0.1) is 23.0 Å². The molecule has 1 saturated heterocycles. The molecule has 1 heterocycles. The number of hydrogen-bond donors (Lipinski definition) is 1.